The summed E-state index contributed by atoms with van der Waals surface area (Å²) in [6, 6.07) is 11.9. The zero-order valence-corrected chi connectivity index (χ0v) is 16.5. The number of urea groups is 1. The number of amides is 3. The van der Waals surface area contributed by atoms with E-state index in [4.69, 9.17) is 5.73 Å². The van der Waals surface area contributed by atoms with Crippen LogP contribution in [0.4, 0.5) is 4.79 Å². The Morgan fingerprint density at radius 1 is 1.11 bits per heavy atom. The lowest BCUT2D eigenvalue weighted by Crippen LogP contribution is -2.39. The summed E-state index contributed by atoms with van der Waals surface area (Å²) in [4.78, 5) is 41.1. The maximum Gasteiger partial charge on any atom is 0.318 e. The molecule has 0 aliphatic rings. The van der Waals surface area contributed by atoms with Crippen LogP contribution in [0.1, 0.15) is 18.1 Å². The number of aromatic nitrogens is 2. The topological polar surface area (TPSA) is 107 Å². The van der Waals surface area contributed by atoms with Crippen molar-refractivity contribution in [2.75, 3.05) is 0 Å². The molecule has 1 heterocycles. The van der Waals surface area contributed by atoms with Crippen LogP contribution in [0.2, 0.25) is 0 Å². The van der Waals surface area contributed by atoms with Gasteiger partial charge in [0.1, 0.15) is 0 Å². The van der Waals surface area contributed by atoms with Crippen molar-refractivity contribution in [1.29, 1.82) is 0 Å². The summed E-state index contributed by atoms with van der Waals surface area (Å²) in [6.45, 7) is 5.46. The number of nitrogens with one attached hydrogen (secondary N) is 1. The zero-order valence-electron chi connectivity index (χ0n) is 15.7. The van der Waals surface area contributed by atoms with Gasteiger partial charge in [-0.05, 0) is 44.0 Å². The van der Waals surface area contributed by atoms with Gasteiger partial charge in [0, 0.05) is 0 Å². The standard InChI is InChI=1S/C20H20N4O3S/c1-11-7-6-8-12(2)16(11)24-18(26)14-9-4-5-10-15(14)22-20(24)28-13(3)17(25)23-19(21)27/h4-10,13H,1-3H3,(H3,21,23,25,27)/t13-/m1/s1. The van der Waals surface area contributed by atoms with E-state index < -0.39 is 17.2 Å². The van der Waals surface area contributed by atoms with Crippen molar-refractivity contribution in [1.82, 2.24) is 14.9 Å². The van der Waals surface area contributed by atoms with Crippen molar-refractivity contribution in [3.05, 3.63) is 63.9 Å². The average molecular weight is 396 g/mol. The summed E-state index contributed by atoms with van der Waals surface area (Å²) in [5, 5.41) is 2.23. The maximum absolute atomic E-state index is 13.3. The van der Waals surface area contributed by atoms with Crippen molar-refractivity contribution >= 4 is 34.6 Å². The molecule has 3 aromatic rings. The van der Waals surface area contributed by atoms with Crippen molar-refractivity contribution in [3.8, 4) is 5.69 Å². The fraction of sp³-hybridized carbons (Fsp3) is 0.200. The number of carbonyl (C=O) groups is 2. The second kappa shape index (κ2) is 7.85. The zero-order chi connectivity index (χ0) is 20.4. The number of imide groups is 1. The second-order valence-electron chi connectivity index (χ2n) is 6.41. The highest BCUT2D eigenvalue weighted by Gasteiger charge is 2.22. The Morgan fingerprint density at radius 3 is 2.39 bits per heavy atom. The number of primary amides is 1. The van der Waals surface area contributed by atoms with E-state index in [1.807, 2.05) is 32.0 Å². The number of rotatable bonds is 4. The Kier molecular flexibility index (Phi) is 5.51. The first-order valence-corrected chi connectivity index (χ1v) is 9.53. The van der Waals surface area contributed by atoms with Crippen molar-refractivity contribution in [2.24, 2.45) is 5.73 Å². The molecule has 0 unspecified atom stereocenters. The highest BCUT2D eigenvalue weighted by molar-refractivity contribution is 8.00. The lowest BCUT2D eigenvalue weighted by molar-refractivity contribution is -0.119. The number of benzene rings is 2. The molecule has 0 saturated heterocycles. The number of fused-ring (bicyclic) bond motifs is 1. The van der Waals surface area contributed by atoms with Crippen LogP contribution in [0, 0.1) is 13.8 Å². The van der Waals surface area contributed by atoms with Gasteiger partial charge in [0.25, 0.3) is 5.56 Å². The largest absolute Gasteiger partial charge is 0.351 e. The molecule has 0 spiro atoms. The predicted octanol–water partition coefficient (Wildman–Crippen LogP) is 2.68. The average Bonchev–Trinajstić information content (AvgIpc) is 2.63. The van der Waals surface area contributed by atoms with Crippen LogP contribution in [0.15, 0.2) is 52.4 Å². The fourth-order valence-corrected chi connectivity index (χ4v) is 3.89. The van der Waals surface area contributed by atoms with Crippen LogP contribution >= 0.6 is 11.8 Å². The van der Waals surface area contributed by atoms with Gasteiger partial charge >= 0.3 is 6.03 Å². The van der Waals surface area contributed by atoms with E-state index >= 15 is 0 Å². The summed E-state index contributed by atoms with van der Waals surface area (Å²) in [6.07, 6.45) is 0. The van der Waals surface area contributed by atoms with E-state index in [1.165, 1.54) is 4.57 Å². The van der Waals surface area contributed by atoms with Gasteiger partial charge in [-0.25, -0.2) is 9.78 Å². The summed E-state index contributed by atoms with van der Waals surface area (Å²) in [5.41, 5.74) is 7.92. The van der Waals surface area contributed by atoms with Crippen molar-refractivity contribution < 1.29 is 9.59 Å². The van der Waals surface area contributed by atoms with E-state index in [0.717, 1.165) is 28.6 Å². The molecular weight excluding hydrogens is 376 g/mol. The molecule has 0 aliphatic carbocycles. The highest BCUT2D eigenvalue weighted by atomic mass is 32.2. The molecule has 3 amide bonds. The summed E-state index contributed by atoms with van der Waals surface area (Å²) >= 11 is 1.09. The quantitative estimate of drug-likeness (QED) is 0.521. The Labute approximate surface area is 166 Å². The number of hydrogen-bond acceptors (Lipinski definition) is 5. The van der Waals surface area contributed by atoms with Gasteiger partial charge in [-0.2, -0.15) is 0 Å². The van der Waals surface area contributed by atoms with Crippen LogP contribution in [0.3, 0.4) is 0 Å². The van der Waals surface area contributed by atoms with E-state index in [0.29, 0.717) is 16.1 Å². The van der Waals surface area contributed by atoms with Crippen molar-refractivity contribution in [2.45, 2.75) is 31.2 Å². The Hall–Kier alpha value is -3.13. The van der Waals surface area contributed by atoms with E-state index in [1.54, 1.807) is 31.2 Å². The molecule has 0 saturated carbocycles. The van der Waals surface area contributed by atoms with Gasteiger partial charge in [-0.3, -0.25) is 19.5 Å². The molecule has 2 aromatic carbocycles. The minimum absolute atomic E-state index is 0.215. The first-order valence-electron chi connectivity index (χ1n) is 8.65. The first-order chi connectivity index (χ1) is 13.3. The van der Waals surface area contributed by atoms with Crippen LogP contribution in [-0.2, 0) is 4.79 Å². The molecule has 8 heteroatoms. The third-order valence-corrected chi connectivity index (χ3v) is 5.36. The minimum atomic E-state index is -0.920. The third kappa shape index (κ3) is 3.77. The van der Waals surface area contributed by atoms with Crippen LogP contribution < -0.4 is 16.6 Å². The number of hydrogen-bond donors (Lipinski definition) is 2. The number of thioether (sulfide) groups is 1. The van der Waals surface area contributed by atoms with E-state index in [2.05, 4.69) is 10.3 Å². The lowest BCUT2D eigenvalue weighted by Gasteiger charge is -2.18. The molecular formula is C20H20N4O3S. The number of nitrogens with zero attached hydrogens (tertiary/aromatic N) is 2. The van der Waals surface area contributed by atoms with Crippen LogP contribution in [0.25, 0.3) is 16.6 Å². The summed E-state index contributed by atoms with van der Waals surface area (Å²) in [7, 11) is 0. The van der Waals surface area contributed by atoms with E-state index in [-0.39, 0.29) is 5.56 Å². The van der Waals surface area contributed by atoms with Gasteiger partial charge in [0.15, 0.2) is 5.16 Å². The molecule has 1 aromatic heterocycles. The molecule has 144 valence electrons. The van der Waals surface area contributed by atoms with Crippen LogP contribution in [-0.4, -0.2) is 26.7 Å². The highest BCUT2D eigenvalue weighted by Crippen LogP contribution is 2.27. The van der Waals surface area contributed by atoms with Gasteiger partial charge in [0.2, 0.25) is 5.91 Å². The Balaban J connectivity index is 2.22. The van der Waals surface area contributed by atoms with Gasteiger partial charge in [-0.1, -0.05) is 42.1 Å². The third-order valence-electron chi connectivity index (χ3n) is 4.31. The van der Waals surface area contributed by atoms with E-state index in [9.17, 15) is 14.4 Å². The fourth-order valence-electron chi connectivity index (χ4n) is 2.98. The molecule has 0 aliphatic heterocycles. The monoisotopic (exact) mass is 396 g/mol. The molecule has 7 nitrogen and oxygen atoms in total. The second-order valence-corrected chi connectivity index (χ2v) is 7.71. The molecule has 1 atom stereocenters. The first kappa shape index (κ1) is 19.6. The number of para-hydroxylation sites is 2. The van der Waals surface area contributed by atoms with Gasteiger partial charge in [-0.15, -0.1) is 0 Å². The Bertz CT molecular complexity index is 1120. The number of carbonyl (C=O) groups excluding carboxylic acids is 2. The van der Waals surface area contributed by atoms with Crippen LogP contribution in [0.5, 0.6) is 0 Å². The SMILES string of the molecule is Cc1cccc(C)c1-n1c(S[C@H](C)C(=O)NC(N)=O)nc2ccccc2c1=O. The molecule has 3 rings (SSSR count). The predicted molar refractivity (Wildman–Crippen MR) is 110 cm³/mol. The molecule has 28 heavy (non-hydrogen) atoms. The number of nitrogens with two attached hydrogens (primary N) is 1. The Morgan fingerprint density at radius 2 is 1.75 bits per heavy atom. The molecule has 0 fully saturated rings. The van der Waals surface area contributed by atoms with Gasteiger partial charge < -0.3 is 5.73 Å². The van der Waals surface area contributed by atoms with Gasteiger partial charge in [0.05, 0.1) is 21.8 Å². The van der Waals surface area contributed by atoms with Crippen molar-refractivity contribution in [3.63, 3.8) is 0 Å². The maximum atomic E-state index is 13.3. The lowest BCUT2D eigenvalue weighted by atomic mass is 10.1. The molecule has 0 radical (unpaired) electrons. The summed E-state index contributed by atoms with van der Waals surface area (Å²) in [5.74, 6) is -0.548. The minimum Gasteiger partial charge on any atom is -0.351 e. The molecule has 3 N–H and O–H groups in total. The summed E-state index contributed by atoms with van der Waals surface area (Å²) < 4.78 is 1.53. The smallest absolute Gasteiger partial charge is 0.318 e. The number of aryl methyl sites for hydroxylation is 2. The normalized spacial score (nSPS) is 12.0. The molecule has 0 bridgehead atoms.